The highest BCUT2D eigenvalue weighted by molar-refractivity contribution is 5.96. The smallest absolute Gasteiger partial charge is 0.397 e. The number of hydrogen-bond donors (Lipinski definition) is 3. The highest BCUT2D eigenvalue weighted by Crippen LogP contribution is 2.20. The molecule has 0 unspecified atom stereocenters. The van der Waals surface area contributed by atoms with Crippen molar-refractivity contribution in [2.24, 2.45) is 0 Å². The molecule has 0 atom stereocenters. The number of carbonyl (C=O) groups is 1. The van der Waals surface area contributed by atoms with Gasteiger partial charge in [-0.15, -0.1) is 0 Å². The van der Waals surface area contributed by atoms with E-state index in [9.17, 15) is 18.0 Å². The Kier molecular flexibility index (Phi) is 5.63. The molecule has 0 aliphatic carbocycles. The minimum atomic E-state index is -4.34. The molecule has 5 nitrogen and oxygen atoms in total. The minimum Gasteiger partial charge on any atom is -0.397 e. The summed E-state index contributed by atoms with van der Waals surface area (Å²) in [7, 11) is 1.50. The number of nitrogens with two attached hydrogens (primary N) is 1. The van der Waals surface area contributed by atoms with Gasteiger partial charge in [0.05, 0.1) is 18.0 Å². The number of rotatable bonds is 6. The van der Waals surface area contributed by atoms with Gasteiger partial charge in [0.2, 0.25) is 0 Å². The molecule has 112 valence electrons. The first-order valence-corrected chi connectivity index (χ1v) is 5.83. The van der Waals surface area contributed by atoms with Crippen LogP contribution in [0.5, 0.6) is 0 Å². The van der Waals surface area contributed by atoms with E-state index in [2.05, 4.69) is 15.4 Å². The topological polar surface area (TPSA) is 76.4 Å². The molecule has 0 aliphatic rings. The van der Waals surface area contributed by atoms with Crippen molar-refractivity contribution in [3.05, 3.63) is 23.8 Å². The fourth-order valence-corrected chi connectivity index (χ4v) is 1.44. The highest BCUT2D eigenvalue weighted by atomic mass is 19.4. The lowest BCUT2D eigenvalue weighted by Gasteiger charge is -2.12. The van der Waals surface area contributed by atoms with Crippen molar-refractivity contribution in [2.75, 3.05) is 37.9 Å². The maximum absolute atomic E-state index is 11.8. The fraction of sp³-hybridized carbons (Fsp3) is 0.417. The molecule has 0 fully saturated rings. The summed E-state index contributed by atoms with van der Waals surface area (Å²) in [5, 5.41) is 5.28. The number of nitrogen functional groups attached to an aromatic ring is 1. The van der Waals surface area contributed by atoms with E-state index in [1.807, 2.05) is 0 Å². The summed E-state index contributed by atoms with van der Waals surface area (Å²) in [6.07, 6.45) is -4.34. The van der Waals surface area contributed by atoms with Gasteiger partial charge in [-0.2, -0.15) is 13.2 Å². The Balaban J connectivity index is 2.49. The van der Waals surface area contributed by atoms with Crippen LogP contribution in [0.15, 0.2) is 18.2 Å². The van der Waals surface area contributed by atoms with E-state index in [1.54, 1.807) is 12.1 Å². The van der Waals surface area contributed by atoms with E-state index in [1.165, 1.54) is 13.1 Å². The largest absolute Gasteiger partial charge is 0.411 e. The van der Waals surface area contributed by atoms with Gasteiger partial charge in [-0.3, -0.25) is 4.79 Å². The molecular formula is C12H16F3N3O2. The predicted molar refractivity (Wildman–Crippen MR) is 69.6 cm³/mol. The van der Waals surface area contributed by atoms with Gasteiger partial charge >= 0.3 is 6.18 Å². The van der Waals surface area contributed by atoms with Crippen molar-refractivity contribution in [1.29, 1.82) is 0 Å². The van der Waals surface area contributed by atoms with Gasteiger partial charge in [0.15, 0.2) is 0 Å². The molecule has 1 amide bonds. The van der Waals surface area contributed by atoms with Crippen molar-refractivity contribution >= 4 is 17.3 Å². The Bertz CT molecular complexity index is 464. The van der Waals surface area contributed by atoms with Crippen LogP contribution in [0.1, 0.15) is 10.4 Å². The first kappa shape index (κ1) is 16.1. The normalized spacial score (nSPS) is 11.2. The standard InChI is InChI=1S/C12H16F3N3O2/c1-17-11(19)8-2-3-9(16)10(6-8)18-4-5-20-7-12(13,14)15/h2-3,6,18H,4-5,7,16H2,1H3,(H,17,19). The summed E-state index contributed by atoms with van der Waals surface area (Å²) >= 11 is 0. The number of nitrogens with one attached hydrogen (secondary N) is 2. The Morgan fingerprint density at radius 3 is 2.70 bits per heavy atom. The Labute approximate surface area is 114 Å². The highest BCUT2D eigenvalue weighted by Gasteiger charge is 2.27. The van der Waals surface area contributed by atoms with Crippen LogP contribution in [-0.4, -0.2) is 38.9 Å². The lowest BCUT2D eigenvalue weighted by molar-refractivity contribution is -0.172. The molecular weight excluding hydrogens is 275 g/mol. The molecule has 1 aromatic rings. The molecule has 0 radical (unpaired) electrons. The average molecular weight is 291 g/mol. The van der Waals surface area contributed by atoms with Crippen molar-refractivity contribution in [2.45, 2.75) is 6.18 Å². The summed E-state index contributed by atoms with van der Waals surface area (Å²) < 4.78 is 40.0. The summed E-state index contributed by atoms with van der Waals surface area (Å²) in [4.78, 5) is 11.4. The Hall–Kier alpha value is -1.96. The Morgan fingerprint density at radius 2 is 2.10 bits per heavy atom. The van der Waals surface area contributed by atoms with Crippen LogP contribution in [0, 0.1) is 0 Å². The molecule has 1 rings (SSSR count). The number of halogens is 3. The van der Waals surface area contributed by atoms with Crippen molar-refractivity contribution < 1.29 is 22.7 Å². The molecule has 1 aromatic carbocycles. The van der Waals surface area contributed by atoms with E-state index in [4.69, 9.17) is 5.73 Å². The third-order valence-corrected chi connectivity index (χ3v) is 2.37. The summed E-state index contributed by atoms with van der Waals surface area (Å²) in [6, 6.07) is 4.63. The molecule has 0 aromatic heterocycles. The van der Waals surface area contributed by atoms with E-state index < -0.39 is 12.8 Å². The van der Waals surface area contributed by atoms with Crippen LogP contribution in [0.3, 0.4) is 0 Å². The number of alkyl halides is 3. The van der Waals surface area contributed by atoms with Gasteiger partial charge in [0, 0.05) is 19.2 Å². The second-order valence-electron chi connectivity index (χ2n) is 3.98. The second-order valence-corrected chi connectivity index (χ2v) is 3.98. The quantitative estimate of drug-likeness (QED) is 0.550. The number of amides is 1. The van der Waals surface area contributed by atoms with Crippen molar-refractivity contribution in [3.8, 4) is 0 Å². The van der Waals surface area contributed by atoms with Crippen LogP contribution in [0.4, 0.5) is 24.5 Å². The fourth-order valence-electron chi connectivity index (χ4n) is 1.44. The number of carbonyl (C=O) groups excluding carboxylic acids is 1. The lowest BCUT2D eigenvalue weighted by Crippen LogP contribution is -2.21. The lowest BCUT2D eigenvalue weighted by atomic mass is 10.1. The number of benzene rings is 1. The van der Waals surface area contributed by atoms with Gasteiger partial charge in [0.1, 0.15) is 6.61 Å². The first-order valence-electron chi connectivity index (χ1n) is 5.83. The van der Waals surface area contributed by atoms with Crippen LogP contribution >= 0.6 is 0 Å². The Morgan fingerprint density at radius 1 is 1.40 bits per heavy atom. The van der Waals surface area contributed by atoms with Crippen LogP contribution < -0.4 is 16.4 Å². The molecule has 0 saturated carbocycles. The molecule has 8 heteroatoms. The van der Waals surface area contributed by atoms with Crippen LogP contribution in [-0.2, 0) is 4.74 Å². The molecule has 0 spiro atoms. The van der Waals surface area contributed by atoms with Crippen molar-refractivity contribution in [3.63, 3.8) is 0 Å². The maximum Gasteiger partial charge on any atom is 0.411 e. The maximum atomic E-state index is 11.8. The molecule has 0 heterocycles. The molecule has 0 bridgehead atoms. The zero-order valence-corrected chi connectivity index (χ0v) is 10.9. The van der Waals surface area contributed by atoms with Gasteiger partial charge in [-0.05, 0) is 18.2 Å². The number of hydrogen-bond acceptors (Lipinski definition) is 4. The van der Waals surface area contributed by atoms with Gasteiger partial charge < -0.3 is 21.1 Å². The predicted octanol–water partition coefficient (Wildman–Crippen LogP) is 1.62. The van der Waals surface area contributed by atoms with E-state index in [0.717, 1.165) is 0 Å². The van der Waals surface area contributed by atoms with Gasteiger partial charge in [-0.1, -0.05) is 0 Å². The summed E-state index contributed by atoms with van der Waals surface area (Å²) in [5.41, 5.74) is 6.97. The molecule has 0 aliphatic heterocycles. The van der Waals surface area contributed by atoms with Gasteiger partial charge in [-0.25, -0.2) is 0 Å². The minimum absolute atomic E-state index is 0.122. The van der Waals surface area contributed by atoms with Crippen LogP contribution in [0.2, 0.25) is 0 Å². The van der Waals surface area contributed by atoms with Gasteiger partial charge in [0.25, 0.3) is 5.91 Å². The second kappa shape index (κ2) is 6.99. The zero-order chi connectivity index (χ0) is 15.2. The van der Waals surface area contributed by atoms with E-state index in [-0.39, 0.29) is 19.1 Å². The molecule has 20 heavy (non-hydrogen) atoms. The number of ether oxygens (including phenoxy) is 1. The average Bonchev–Trinajstić information content (AvgIpc) is 2.38. The third kappa shape index (κ3) is 5.35. The SMILES string of the molecule is CNC(=O)c1ccc(N)c(NCCOCC(F)(F)F)c1. The van der Waals surface area contributed by atoms with Crippen molar-refractivity contribution in [1.82, 2.24) is 5.32 Å². The third-order valence-electron chi connectivity index (χ3n) is 2.37. The summed E-state index contributed by atoms with van der Waals surface area (Å²) in [5.74, 6) is -0.277. The monoisotopic (exact) mass is 291 g/mol. The first-order chi connectivity index (χ1) is 9.33. The zero-order valence-electron chi connectivity index (χ0n) is 10.9. The number of anilines is 2. The summed E-state index contributed by atoms with van der Waals surface area (Å²) in [6.45, 7) is -1.26. The van der Waals surface area contributed by atoms with Crippen LogP contribution in [0.25, 0.3) is 0 Å². The van der Waals surface area contributed by atoms with E-state index >= 15 is 0 Å². The molecule has 4 N–H and O–H groups in total. The molecule has 0 saturated heterocycles. The van der Waals surface area contributed by atoms with E-state index in [0.29, 0.717) is 16.9 Å².